The highest BCUT2D eigenvalue weighted by Crippen LogP contribution is 2.44. The van der Waals surface area contributed by atoms with Crippen molar-refractivity contribution in [2.75, 3.05) is 7.11 Å². The van der Waals surface area contributed by atoms with Crippen LogP contribution in [0.3, 0.4) is 0 Å². The number of hydrogen-bond donors (Lipinski definition) is 0. The van der Waals surface area contributed by atoms with Gasteiger partial charge in [-0.2, -0.15) is 0 Å². The van der Waals surface area contributed by atoms with E-state index < -0.39 is 29.2 Å². The minimum absolute atomic E-state index is 0.118. The van der Waals surface area contributed by atoms with Crippen molar-refractivity contribution in [2.24, 2.45) is 5.41 Å². The second-order valence-electron chi connectivity index (χ2n) is 6.30. The number of hydrogen-bond acceptors (Lipinski definition) is 4. The summed E-state index contributed by atoms with van der Waals surface area (Å²) < 4.78 is 37.4. The van der Waals surface area contributed by atoms with Gasteiger partial charge in [0.2, 0.25) is 0 Å². The third-order valence-corrected chi connectivity index (χ3v) is 3.57. The van der Waals surface area contributed by atoms with Gasteiger partial charge in [0.05, 0.1) is 7.11 Å². The summed E-state index contributed by atoms with van der Waals surface area (Å²) in [6, 6.07) is 4.42. The van der Waals surface area contributed by atoms with Crippen LogP contribution in [0.25, 0.3) is 0 Å². The largest absolute Gasteiger partial charge is 0.497 e. The molecule has 0 aromatic heterocycles. The maximum Gasteiger partial charge on any atom is 0.326 e. The number of rotatable bonds is 3. The summed E-state index contributed by atoms with van der Waals surface area (Å²) in [7, 11) is 1.44. The molecule has 1 atom stereocenters. The zero-order valence-corrected chi connectivity index (χ0v) is 12.9. The van der Waals surface area contributed by atoms with Gasteiger partial charge in [0, 0.05) is 12.0 Å². The van der Waals surface area contributed by atoms with Crippen LogP contribution < -0.4 is 4.74 Å². The van der Waals surface area contributed by atoms with E-state index in [1.807, 2.05) is 0 Å². The van der Waals surface area contributed by atoms with E-state index in [4.69, 9.17) is 9.47 Å². The van der Waals surface area contributed by atoms with Gasteiger partial charge in [-0.05, 0) is 44.5 Å². The fraction of sp³-hybridized carbons (Fsp3) is 0.500. The molecule has 120 valence electrons. The molecule has 0 saturated heterocycles. The number of ketones is 1. The highest BCUT2D eigenvalue weighted by atomic mass is 19.3. The SMILES string of the molecule is COc1ccc2c(c1)CC(C(=O)OC(C)(C)C)(C(F)F)C2=O. The zero-order valence-electron chi connectivity index (χ0n) is 12.9. The van der Waals surface area contributed by atoms with E-state index in [-0.39, 0.29) is 12.0 Å². The average Bonchev–Trinajstić information content (AvgIpc) is 2.70. The molecule has 1 aliphatic carbocycles. The number of ether oxygens (including phenoxy) is 2. The molecule has 6 heteroatoms. The number of halogens is 2. The van der Waals surface area contributed by atoms with E-state index >= 15 is 0 Å². The molecule has 2 rings (SSSR count). The highest BCUT2D eigenvalue weighted by molar-refractivity contribution is 6.16. The van der Waals surface area contributed by atoms with E-state index in [0.717, 1.165) is 0 Å². The first kappa shape index (κ1) is 16.4. The van der Waals surface area contributed by atoms with Crippen molar-refractivity contribution < 1.29 is 27.8 Å². The lowest BCUT2D eigenvalue weighted by atomic mass is 9.84. The van der Waals surface area contributed by atoms with Gasteiger partial charge in [-0.1, -0.05) is 0 Å². The number of fused-ring (bicyclic) bond motifs is 1. The molecule has 0 saturated carbocycles. The number of carbonyl (C=O) groups excluding carboxylic acids is 2. The zero-order chi connectivity index (χ0) is 16.7. The van der Waals surface area contributed by atoms with Gasteiger partial charge >= 0.3 is 5.97 Å². The monoisotopic (exact) mass is 312 g/mol. The summed E-state index contributed by atoms with van der Waals surface area (Å²) in [4.78, 5) is 24.8. The van der Waals surface area contributed by atoms with Gasteiger partial charge in [0.15, 0.2) is 11.2 Å². The third kappa shape index (κ3) is 2.58. The lowest BCUT2D eigenvalue weighted by Gasteiger charge is -2.29. The van der Waals surface area contributed by atoms with Crippen LogP contribution in [0.15, 0.2) is 18.2 Å². The van der Waals surface area contributed by atoms with Crippen LogP contribution in [0.1, 0.15) is 36.7 Å². The molecule has 1 aliphatic rings. The van der Waals surface area contributed by atoms with Crippen LogP contribution >= 0.6 is 0 Å². The molecule has 0 radical (unpaired) electrons. The predicted molar refractivity (Wildman–Crippen MR) is 75.3 cm³/mol. The van der Waals surface area contributed by atoms with Gasteiger partial charge in [-0.15, -0.1) is 0 Å². The van der Waals surface area contributed by atoms with Crippen molar-refractivity contribution in [3.05, 3.63) is 29.3 Å². The van der Waals surface area contributed by atoms with Crippen molar-refractivity contribution in [2.45, 2.75) is 39.2 Å². The van der Waals surface area contributed by atoms with Crippen molar-refractivity contribution in [1.29, 1.82) is 0 Å². The molecular formula is C16H18F2O4. The van der Waals surface area contributed by atoms with Crippen molar-refractivity contribution in [3.8, 4) is 5.75 Å². The van der Waals surface area contributed by atoms with Crippen LogP contribution in [0.4, 0.5) is 8.78 Å². The maximum absolute atomic E-state index is 13.7. The lowest BCUT2D eigenvalue weighted by molar-refractivity contribution is -0.171. The molecule has 1 unspecified atom stereocenters. The summed E-state index contributed by atoms with van der Waals surface area (Å²) in [5, 5.41) is 0. The summed E-state index contributed by atoms with van der Waals surface area (Å²) in [6.45, 7) is 4.71. The predicted octanol–water partition coefficient (Wildman–Crippen LogP) is 3.03. The number of Topliss-reactive ketones (excluding diaryl/α,β-unsaturated/α-hetero) is 1. The first-order valence-electron chi connectivity index (χ1n) is 6.85. The molecule has 0 bridgehead atoms. The first-order valence-corrected chi connectivity index (χ1v) is 6.85. The molecule has 0 spiro atoms. The van der Waals surface area contributed by atoms with Gasteiger partial charge in [0.25, 0.3) is 6.43 Å². The average molecular weight is 312 g/mol. The summed E-state index contributed by atoms with van der Waals surface area (Å²) in [5.41, 5.74) is -2.93. The van der Waals surface area contributed by atoms with Crippen molar-refractivity contribution in [1.82, 2.24) is 0 Å². The summed E-state index contributed by atoms with van der Waals surface area (Å²) in [6.07, 6.45) is -3.53. The Kier molecular flexibility index (Phi) is 3.98. The fourth-order valence-electron chi connectivity index (χ4n) is 2.49. The Labute approximate surface area is 127 Å². The first-order chi connectivity index (χ1) is 10.1. The van der Waals surface area contributed by atoms with Gasteiger partial charge in [-0.25, -0.2) is 8.78 Å². The fourth-order valence-corrected chi connectivity index (χ4v) is 2.49. The number of benzene rings is 1. The molecule has 0 heterocycles. The molecular weight excluding hydrogens is 294 g/mol. The summed E-state index contributed by atoms with van der Waals surface area (Å²) >= 11 is 0. The topological polar surface area (TPSA) is 52.6 Å². The third-order valence-electron chi connectivity index (χ3n) is 3.57. The molecule has 1 aromatic carbocycles. The van der Waals surface area contributed by atoms with Crippen molar-refractivity contribution >= 4 is 11.8 Å². The van der Waals surface area contributed by atoms with Crippen LogP contribution in [-0.2, 0) is 16.0 Å². The van der Waals surface area contributed by atoms with Crippen LogP contribution in [-0.4, -0.2) is 30.9 Å². The Bertz CT molecular complexity index is 619. The number of methoxy groups -OCH3 is 1. The normalized spacial score (nSPS) is 21.0. The Morgan fingerprint density at radius 3 is 2.45 bits per heavy atom. The smallest absolute Gasteiger partial charge is 0.326 e. The highest BCUT2D eigenvalue weighted by Gasteiger charge is 2.60. The Morgan fingerprint density at radius 2 is 1.95 bits per heavy atom. The van der Waals surface area contributed by atoms with Crippen LogP contribution in [0, 0.1) is 5.41 Å². The van der Waals surface area contributed by atoms with E-state index in [0.29, 0.717) is 11.3 Å². The molecule has 0 fully saturated rings. The lowest BCUT2D eigenvalue weighted by Crippen LogP contribution is -2.47. The molecule has 22 heavy (non-hydrogen) atoms. The van der Waals surface area contributed by atoms with Gasteiger partial charge in [0.1, 0.15) is 11.4 Å². The molecule has 1 aromatic rings. The van der Waals surface area contributed by atoms with Crippen LogP contribution in [0.2, 0.25) is 0 Å². The van der Waals surface area contributed by atoms with Gasteiger partial charge < -0.3 is 9.47 Å². The Balaban J connectivity index is 2.47. The van der Waals surface area contributed by atoms with E-state index in [2.05, 4.69) is 0 Å². The summed E-state index contributed by atoms with van der Waals surface area (Å²) in [5.74, 6) is -1.63. The quantitative estimate of drug-likeness (QED) is 0.636. The van der Waals surface area contributed by atoms with Crippen LogP contribution in [0.5, 0.6) is 5.75 Å². The Morgan fingerprint density at radius 1 is 1.32 bits per heavy atom. The van der Waals surface area contributed by atoms with E-state index in [9.17, 15) is 18.4 Å². The Hall–Kier alpha value is -1.98. The van der Waals surface area contributed by atoms with Gasteiger partial charge in [-0.3, -0.25) is 9.59 Å². The molecule has 0 aliphatic heterocycles. The molecule has 0 amide bonds. The number of carbonyl (C=O) groups is 2. The van der Waals surface area contributed by atoms with Crippen molar-refractivity contribution in [3.63, 3.8) is 0 Å². The molecule has 0 N–H and O–H groups in total. The second-order valence-corrected chi connectivity index (χ2v) is 6.30. The standard InChI is InChI=1S/C16H18F2O4/c1-15(2,3)22-14(20)16(13(17)18)8-9-7-10(21-4)5-6-11(9)12(16)19/h5-7,13H,8H2,1-4H3. The number of esters is 1. The maximum atomic E-state index is 13.7. The minimum Gasteiger partial charge on any atom is -0.497 e. The van der Waals surface area contributed by atoms with E-state index in [1.54, 1.807) is 20.8 Å². The minimum atomic E-state index is -3.15. The molecule has 4 nitrogen and oxygen atoms in total. The number of alkyl halides is 2. The second kappa shape index (κ2) is 5.34. The van der Waals surface area contributed by atoms with E-state index in [1.165, 1.54) is 25.3 Å².